The smallest absolute Gasteiger partial charge is 0.337 e. The van der Waals surface area contributed by atoms with Crippen molar-refractivity contribution in [3.63, 3.8) is 0 Å². The number of carboxylic acids is 1. The van der Waals surface area contributed by atoms with Gasteiger partial charge in [-0.3, -0.25) is 4.79 Å². The lowest BCUT2D eigenvalue weighted by atomic mass is 10.1. The van der Waals surface area contributed by atoms with E-state index < -0.39 is 11.9 Å². The van der Waals surface area contributed by atoms with Crippen molar-refractivity contribution in [1.82, 2.24) is 0 Å². The molecule has 0 aromatic heterocycles. The van der Waals surface area contributed by atoms with E-state index in [1.807, 2.05) is 22.6 Å². The molecule has 0 atom stereocenters. The zero-order chi connectivity index (χ0) is 15.6. The monoisotopic (exact) mass is 435 g/mol. The third-order valence-electron chi connectivity index (χ3n) is 2.58. The van der Waals surface area contributed by atoms with Gasteiger partial charge in [0.15, 0.2) is 0 Å². The first-order valence-corrected chi connectivity index (χ1v) is 7.50. The van der Waals surface area contributed by atoms with Crippen LogP contribution in [0.3, 0.4) is 0 Å². The number of hydrogen-bond donors (Lipinski definition) is 2. The highest BCUT2D eigenvalue weighted by atomic mass is 127. The summed E-state index contributed by atoms with van der Waals surface area (Å²) in [7, 11) is 0. The molecule has 108 valence electrons. The summed E-state index contributed by atoms with van der Waals surface area (Å²) in [6, 6.07) is 9.13. The summed E-state index contributed by atoms with van der Waals surface area (Å²) in [5.74, 6) is -1.60. The second-order valence-electron chi connectivity index (χ2n) is 4.11. The molecule has 0 spiro atoms. The van der Waals surface area contributed by atoms with Crippen LogP contribution >= 0.6 is 45.8 Å². The van der Waals surface area contributed by atoms with E-state index in [9.17, 15) is 9.59 Å². The highest BCUT2D eigenvalue weighted by Crippen LogP contribution is 2.22. The Bertz CT molecular complexity index is 714. The van der Waals surface area contributed by atoms with E-state index in [0.717, 1.165) is 3.57 Å². The van der Waals surface area contributed by atoms with Crippen LogP contribution in [0.4, 0.5) is 5.69 Å². The summed E-state index contributed by atoms with van der Waals surface area (Å²) in [5.41, 5.74) is 0.481. The third-order valence-corrected chi connectivity index (χ3v) is 3.69. The van der Waals surface area contributed by atoms with Crippen molar-refractivity contribution in [1.29, 1.82) is 0 Å². The van der Waals surface area contributed by atoms with Gasteiger partial charge in [-0.25, -0.2) is 4.79 Å². The molecular formula is C14H8Cl2INO3. The van der Waals surface area contributed by atoms with E-state index in [4.69, 9.17) is 28.3 Å². The van der Waals surface area contributed by atoms with Crippen LogP contribution in [0.2, 0.25) is 10.0 Å². The molecule has 0 unspecified atom stereocenters. The Kier molecular flexibility index (Phi) is 5.08. The van der Waals surface area contributed by atoms with Crippen molar-refractivity contribution in [2.75, 3.05) is 5.32 Å². The Hall–Kier alpha value is -1.31. The summed E-state index contributed by atoms with van der Waals surface area (Å²) >= 11 is 13.7. The summed E-state index contributed by atoms with van der Waals surface area (Å²) in [5, 5.41) is 12.4. The Morgan fingerprint density at radius 1 is 1.05 bits per heavy atom. The molecule has 2 N–H and O–H groups in total. The first-order chi connectivity index (χ1) is 9.86. The van der Waals surface area contributed by atoms with Crippen LogP contribution in [-0.4, -0.2) is 17.0 Å². The molecule has 21 heavy (non-hydrogen) atoms. The molecule has 0 aliphatic rings. The lowest BCUT2D eigenvalue weighted by Gasteiger charge is -2.09. The first-order valence-electron chi connectivity index (χ1n) is 5.67. The minimum absolute atomic E-state index is 0.0170. The number of rotatable bonds is 3. The highest BCUT2D eigenvalue weighted by molar-refractivity contribution is 14.1. The maximum absolute atomic E-state index is 12.2. The molecule has 2 rings (SSSR count). The van der Waals surface area contributed by atoms with Gasteiger partial charge in [-0.15, -0.1) is 0 Å². The number of anilines is 1. The Labute approximate surface area is 144 Å². The molecule has 0 bridgehead atoms. The summed E-state index contributed by atoms with van der Waals surface area (Å²) in [6.45, 7) is 0. The van der Waals surface area contributed by atoms with Gasteiger partial charge in [0.05, 0.1) is 11.3 Å². The predicted molar refractivity (Wildman–Crippen MR) is 90.5 cm³/mol. The van der Waals surface area contributed by atoms with Crippen molar-refractivity contribution in [2.45, 2.75) is 0 Å². The Morgan fingerprint density at radius 3 is 2.24 bits per heavy atom. The van der Waals surface area contributed by atoms with Gasteiger partial charge in [0.25, 0.3) is 5.91 Å². The SMILES string of the molecule is O=C(Nc1ccc(I)cc1C(=O)O)c1cc(Cl)cc(Cl)c1. The van der Waals surface area contributed by atoms with E-state index in [0.29, 0.717) is 10.0 Å². The molecule has 0 saturated carbocycles. The number of carbonyl (C=O) groups is 2. The van der Waals surface area contributed by atoms with Gasteiger partial charge in [-0.2, -0.15) is 0 Å². The first kappa shape index (κ1) is 16.1. The zero-order valence-electron chi connectivity index (χ0n) is 10.4. The van der Waals surface area contributed by atoms with Crippen molar-refractivity contribution in [2.24, 2.45) is 0 Å². The molecular weight excluding hydrogens is 428 g/mol. The van der Waals surface area contributed by atoms with Crippen molar-refractivity contribution in [3.8, 4) is 0 Å². The summed E-state index contributed by atoms with van der Waals surface area (Å²) in [6.07, 6.45) is 0. The van der Waals surface area contributed by atoms with E-state index >= 15 is 0 Å². The number of carboxylic acid groups (broad SMARTS) is 1. The Balaban J connectivity index is 2.33. The molecule has 0 radical (unpaired) electrons. The van der Waals surface area contributed by atoms with Crippen LogP contribution in [0.25, 0.3) is 0 Å². The van der Waals surface area contributed by atoms with E-state index in [1.54, 1.807) is 6.07 Å². The number of hydrogen-bond acceptors (Lipinski definition) is 2. The average molecular weight is 436 g/mol. The summed E-state index contributed by atoms with van der Waals surface area (Å²) < 4.78 is 0.758. The van der Waals surface area contributed by atoms with Gasteiger partial charge in [0.1, 0.15) is 0 Å². The molecule has 2 aromatic rings. The third kappa shape index (κ3) is 4.09. The molecule has 7 heteroatoms. The fourth-order valence-electron chi connectivity index (χ4n) is 1.68. The lowest BCUT2D eigenvalue weighted by Crippen LogP contribution is -2.15. The van der Waals surface area contributed by atoms with Crippen LogP contribution < -0.4 is 5.32 Å². The van der Waals surface area contributed by atoms with E-state index in [-0.39, 0.29) is 16.8 Å². The molecule has 2 aromatic carbocycles. The van der Waals surface area contributed by atoms with Gasteiger partial charge < -0.3 is 10.4 Å². The van der Waals surface area contributed by atoms with Crippen LogP contribution in [-0.2, 0) is 0 Å². The average Bonchev–Trinajstić information content (AvgIpc) is 2.39. The van der Waals surface area contributed by atoms with Gasteiger partial charge in [0, 0.05) is 19.2 Å². The predicted octanol–water partition coefficient (Wildman–Crippen LogP) is 4.55. The second-order valence-corrected chi connectivity index (χ2v) is 6.23. The number of amides is 1. The van der Waals surface area contributed by atoms with Gasteiger partial charge >= 0.3 is 5.97 Å². The van der Waals surface area contributed by atoms with Gasteiger partial charge in [-0.1, -0.05) is 23.2 Å². The van der Waals surface area contributed by atoms with Crippen LogP contribution in [0, 0.1) is 3.57 Å². The molecule has 0 fully saturated rings. The molecule has 0 saturated heterocycles. The second kappa shape index (κ2) is 6.64. The van der Waals surface area contributed by atoms with Gasteiger partial charge in [0.2, 0.25) is 0 Å². The number of aromatic carboxylic acids is 1. The van der Waals surface area contributed by atoms with Gasteiger partial charge in [-0.05, 0) is 59.0 Å². The van der Waals surface area contributed by atoms with E-state index in [2.05, 4.69) is 5.32 Å². The molecule has 0 aliphatic heterocycles. The number of nitrogens with one attached hydrogen (secondary N) is 1. The normalized spacial score (nSPS) is 10.2. The fourth-order valence-corrected chi connectivity index (χ4v) is 2.70. The topological polar surface area (TPSA) is 66.4 Å². The summed E-state index contributed by atoms with van der Waals surface area (Å²) in [4.78, 5) is 23.4. The molecule has 0 aliphatic carbocycles. The minimum Gasteiger partial charge on any atom is -0.478 e. The number of benzene rings is 2. The van der Waals surface area contributed by atoms with Crippen LogP contribution in [0.1, 0.15) is 20.7 Å². The quantitative estimate of drug-likeness (QED) is 0.695. The van der Waals surface area contributed by atoms with Crippen LogP contribution in [0.5, 0.6) is 0 Å². The standard InChI is InChI=1S/C14H8Cl2INO3/c15-8-3-7(4-9(16)5-8)13(19)18-12-2-1-10(17)6-11(12)14(20)21/h1-6H,(H,18,19)(H,20,21). The largest absolute Gasteiger partial charge is 0.478 e. The molecule has 0 heterocycles. The number of halogens is 3. The number of carbonyl (C=O) groups excluding carboxylic acids is 1. The van der Waals surface area contributed by atoms with Crippen molar-refractivity contribution >= 4 is 63.4 Å². The fraction of sp³-hybridized carbons (Fsp3) is 0. The van der Waals surface area contributed by atoms with Crippen molar-refractivity contribution in [3.05, 3.63) is 61.1 Å². The minimum atomic E-state index is -1.12. The zero-order valence-corrected chi connectivity index (χ0v) is 14.0. The highest BCUT2D eigenvalue weighted by Gasteiger charge is 2.14. The maximum atomic E-state index is 12.2. The van der Waals surface area contributed by atoms with Crippen molar-refractivity contribution < 1.29 is 14.7 Å². The van der Waals surface area contributed by atoms with Crippen LogP contribution in [0.15, 0.2) is 36.4 Å². The lowest BCUT2D eigenvalue weighted by molar-refractivity contribution is 0.0698. The molecule has 1 amide bonds. The molecule has 4 nitrogen and oxygen atoms in total. The maximum Gasteiger partial charge on any atom is 0.337 e. The van der Waals surface area contributed by atoms with E-state index in [1.165, 1.54) is 30.3 Å². The Morgan fingerprint density at radius 2 is 1.67 bits per heavy atom.